The first-order chi connectivity index (χ1) is 7.58. The second-order valence-electron chi connectivity index (χ2n) is 3.64. The molecule has 0 aliphatic rings. The highest BCUT2D eigenvalue weighted by Gasteiger charge is 2.12. The second-order valence-corrected chi connectivity index (χ2v) is 5.61. The molecule has 16 heavy (non-hydrogen) atoms. The molecule has 1 nitrogen and oxygen atoms in total. The minimum absolute atomic E-state index is 0.257. The van der Waals surface area contributed by atoms with Gasteiger partial charge in [0.1, 0.15) is 5.82 Å². The van der Waals surface area contributed by atoms with E-state index in [4.69, 9.17) is 5.73 Å². The highest BCUT2D eigenvalue weighted by molar-refractivity contribution is 9.10. The van der Waals surface area contributed by atoms with Gasteiger partial charge in [-0.25, -0.2) is 4.39 Å². The average molecular weight is 300 g/mol. The van der Waals surface area contributed by atoms with E-state index in [-0.39, 0.29) is 11.9 Å². The van der Waals surface area contributed by atoms with Crippen LogP contribution in [0.2, 0.25) is 0 Å². The molecule has 0 aliphatic heterocycles. The summed E-state index contributed by atoms with van der Waals surface area (Å²) >= 11 is 4.78. The Morgan fingerprint density at radius 2 is 2.06 bits per heavy atom. The number of aryl methyl sites for hydroxylation is 1. The summed E-state index contributed by atoms with van der Waals surface area (Å²) in [5.41, 5.74) is 7.90. The molecule has 1 aromatic carbocycles. The molecule has 2 N–H and O–H groups in total. The largest absolute Gasteiger partial charge is 0.320 e. The molecule has 1 unspecified atom stereocenters. The number of hydrogen-bond donors (Lipinski definition) is 1. The maximum absolute atomic E-state index is 13.4. The fourth-order valence-electron chi connectivity index (χ4n) is 1.53. The summed E-state index contributed by atoms with van der Waals surface area (Å²) in [5, 5.41) is 2.01. The van der Waals surface area contributed by atoms with Crippen LogP contribution in [0.15, 0.2) is 34.1 Å². The van der Waals surface area contributed by atoms with Crippen LogP contribution in [0.4, 0.5) is 4.39 Å². The molecule has 2 aromatic rings. The molecule has 0 amide bonds. The summed E-state index contributed by atoms with van der Waals surface area (Å²) in [4.78, 5) is 1.21. The number of thiophene rings is 1. The zero-order valence-corrected chi connectivity index (χ0v) is 11.1. The van der Waals surface area contributed by atoms with Gasteiger partial charge >= 0.3 is 0 Å². The molecule has 4 heteroatoms. The van der Waals surface area contributed by atoms with E-state index in [0.717, 1.165) is 11.1 Å². The van der Waals surface area contributed by atoms with Gasteiger partial charge in [-0.1, -0.05) is 6.07 Å². The molecule has 84 valence electrons. The van der Waals surface area contributed by atoms with Gasteiger partial charge in [0.2, 0.25) is 0 Å². The SMILES string of the molecule is Cc1cc(C(N)c2ccc(Br)c(F)c2)cs1. The Bertz CT molecular complexity index is 509. The molecular weight excluding hydrogens is 289 g/mol. The molecule has 1 aromatic heterocycles. The van der Waals surface area contributed by atoms with Crippen LogP contribution in [0.3, 0.4) is 0 Å². The molecule has 0 saturated carbocycles. The second kappa shape index (κ2) is 4.65. The zero-order valence-electron chi connectivity index (χ0n) is 8.71. The van der Waals surface area contributed by atoms with Crippen LogP contribution < -0.4 is 5.73 Å². The third-order valence-corrected chi connectivity index (χ3v) is 3.94. The molecule has 0 fully saturated rings. The van der Waals surface area contributed by atoms with E-state index < -0.39 is 0 Å². The summed E-state index contributed by atoms with van der Waals surface area (Å²) in [6.07, 6.45) is 0. The highest BCUT2D eigenvalue weighted by Crippen LogP contribution is 2.26. The zero-order chi connectivity index (χ0) is 11.7. The quantitative estimate of drug-likeness (QED) is 0.891. The average Bonchev–Trinajstić information content (AvgIpc) is 2.68. The Labute approximate surface area is 106 Å². The monoisotopic (exact) mass is 299 g/mol. The van der Waals surface area contributed by atoms with E-state index >= 15 is 0 Å². The van der Waals surface area contributed by atoms with Crippen molar-refractivity contribution in [1.82, 2.24) is 0 Å². The summed E-state index contributed by atoms with van der Waals surface area (Å²) in [5.74, 6) is -0.278. The van der Waals surface area contributed by atoms with Crippen LogP contribution in [0.5, 0.6) is 0 Å². The molecule has 0 spiro atoms. The molecule has 0 aliphatic carbocycles. The van der Waals surface area contributed by atoms with Gasteiger partial charge in [-0.05, 0) is 57.6 Å². The predicted molar refractivity (Wildman–Crippen MR) is 69.2 cm³/mol. The molecule has 0 saturated heterocycles. The number of hydrogen-bond acceptors (Lipinski definition) is 2. The lowest BCUT2D eigenvalue weighted by atomic mass is 10.0. The number of rotatable bonds is 2. The van der Waals surface area contributed by atoms with Crippen LogP contribution >= 0.6 is 27.3 Å². The first-order valence-electron chi connectivity index (χ1n) is 4.83. The lowest BCUT2D eigenvalue weighted by Gasteiger charge is -2.10. The lowest BCUT2D eigenvalue weighted by Crippen LogP contribution is -2.11. The van der Waals surface area contributed by atoms with Crippen LogP contribution in [-0.4, -0.2) is 0 Å². The van der Waals surface area contributed by atoms with Crippen molar-refractivity contribution in [1.29, 1.82) is 0 Å². The number of halogens is 2. The van der Waals surface area contributed by atoms with Gasteiger partial charge in [0.15, 0.2) is 0 Å². The van der Waals surface area contributed by atoms with Crippen LogP contribution in [0.25, 0.3) is 0 Å². The Hall–Kier alpha value is -0.710. The van der Waals surface area contributed by atoms with Gasteiger partial charge in [-0.15, -0.1) is 11.3 Å². The van der Waals surface area contributed by atoms with Crippen molar-refractivity contribution in [2.45, 2.75) is 13.0 Å². The maximum atomic E-state index is 13.4. The molecular formula is C12H11BrFNS. The number of nitrogens with two attached hydrogens (primary N) is 1. The van der Waals surface area contributed by atoms with Gasteiger partial charge in [0.25, 0.3) is 0 Å². The minimum atomic E-state index is -0.278. The standard InChI is InChI=1S/C12H11BrFNS/c1-7-4-9(6-16-7)12(15)8-2-3-10(13)11(14)5-8/h2-6,12H,15H2,1H3. The van der Waals surface area contributed by atoms with E-state index in [9.17, 15) is 4.39 Å². The molecule has 1 heterocycles. The molecule has 1 atom stereocenters. The topological polar surface area (TPSA) is 26.0 Å². The van der Waals surface area contributed by atoms with Gasteiger partial charge < -0.3 is 5.73 Å². The van der Waals surface area contributed by atoms with Crippen molar-refractivity contribution < 1.29 is 4.39 Å². The molecule has 2 rings (SSSR count). The van der Waals surface area contributed by atoms with Crippen molar-refractivity contribution >= 4 is 27.3 Å². The van der Waals surface area contributed by atoms with Crippen molar-refractivity contribution in [3.8, 4) is 0 Å². The van der Waals surface area contributed by atoms with E-state index in [2.05, 4.69) is 15.9 Å². The van der Waals surface area contributed by atoms with E-state index in [1.807, 2.05) is 24.4 Å². The minimum Gasteiger partial charge on any atom is -0.320 e. The summed E-state index contributed by atoms with van der Waals surface area (Å²) in [6.45, 7) is 2.03. The van der Waals surface area contributed by atoms with Crippen molar-refractivity contribution in [3.63, 3.8) is 0 Å². The summed E-state index contributed by atoms with van der Waals surface area (Å²) in [6, 6.07) is 6.78. The fraction of sp³-hybridized carbons (Fsp3) is 0.167. The first-order valence-corrected chi connectivity index (χ1v) is 6.51. The Morgan fingerprint density at radius 1 is 1.31 bits per heavy atom. The smallest absolute Gasteiger partial charge is 0.137 e. The Kier molecular flexibility index (Phi) is 3.42. The molecule has 0 radical (unpaired) electrons. The van der Waals surface area contributed by atoms with Gasteiger partial charge in [0, 0.05) is 4.88 Å². The van der Waals surface area contributed by atoms with Gasteiger partial charge in [-0.2, -0.15) is 0 Å². The van der Waals surface area contributed by atoms with Gasteiger partial charge in [-0.3, -0.25) is 0 Å². The van der Waals surface area contributed by atoms with E-state index in [0.29, 0.717) is 4.47 Å². The number of benzene rings is 1. The third kappa shape index (κ3) is 2.34. The van der Waals surface area contributed by atoms with Crippen molar-refractivity contribution in [3.05, 3.63) is 55.9 Å². The highest BCUT2D eigenvalue weighted by atomic mass is 79.9. The van der Waals surface area contributed by atoms with Crippen LogP contribution in [0.1, 0.15) is 22.0 Å². The van der Waals surface area contributed by atoms with E-state index in [1.54, 1.807) is 17.4 Å². The van der Waals surface area contributed by atoms with E-state index in [1.165, 1.54) is 10.9 Å². The van der Waals surface area contributed by atoms with Crippen molar-refractivity contribution in [2.24, 2.45) is 5.73 Å². The molecule has 0 bridgehead atoms. The Morgan fingerprint density at radius 3 is 2.62 bits per heavy atom. The van der Waals surface area contributed by atoms with Crippen molar-refractivity contribution in [2.75, 3.05) is 0 Å². The van der Waals surface area contributed by atoms with Gasteiger partial charge in [0.05, 0.1) is 10.5 Å². The third-order valence-electron chi connectivity index (χ3n) is 2.41. The Balaban J connectivity index is 2.33. The van der Waals surface area contributed by atoms with Crippen LogP contribution in [-0.2, 0) is 0 Å². The fourth-order valence-corrected chi connectivity index (χ4v) is 2.51. The normalized spacial score (nSPS) is 12.8. The maximum Gasteiger partial charge on any atom is 0.137 e. The summed E-state index contributed by atoms with van der Waals surface area (Å²) < 4.78 is 13.8. The summed E-state index contributed by atoms with van der Waals surface area (Å²) in [7, 11) is 0. The van der Waals surface area contributed by atoms with Crippen LogP contribution in [0, 0.1) is 12.7 Å². The predicted octanol–water partition coefficient (Wildman–Crippen LogP) is 4.01. The lowest BCUT2D eigenvalue weighted by molar-refractivity contribution is 0.617. The first kappa shape index (κ1) is 11.8.